The van der Waals surface area contributed by atoms with Gasteiger partial charge in [-0.3, -0.25) is 4.57 Å². The van der Waals surface area contributed by atoms with Crippen molar-refractivity contribution in [3.05, 3.63) is 132 Å². The Morgan fingerprint density at radius 1 is 0.622 bits per heavy atom. The molecule has 5 aromatic carbocycles. The SMILES string of the molecule is CCC1(C)c2ccccc2-c2cc(-c3nc4ccccc4n3-c3ccc(-c4ccccc4)cc3)ccc21. The highest BCUT2D eigenvalue weighted by molar-refractivity contribution is 5.87. The summed E-state index contributed by atoms with van der Waals surface area (Å²) in [7, 11) is 0. The summed E-state index contributed by atoms with van der Waals surface area (Å²) < 4.78 is 2.30. The van der Waals surface area contributed by atoms with E-state index < -0.39 is 0 Å². The van der Waals surface area contributed by atoms with Crippen molar-refractivity contribution in [1.29, 1.82) is 0 Å². The van der Waals surface area contributed by atoms with Crippen molar-refractivity contribution in [1.82, 2.24) is 9.55 Å². The first-order valence-electron chi connectivity index (χ1n) is 13.1. The van der Waals surface area contributed by atoms with Gasteiger partial charge < -0.3 is 0 Å². The topological polar surface area (TPSA) is 17.8 Å². The Morgan fingerprint density at radius 3 is 2.08 bits per heavy atom. The number of benzene rings is 5. The number of hydrogen-bond acceptors (Lipinski definition) is 1. The van der Waals surface area contributed by atoms with Crippen molar-refractivity contribution in [3.8, 4) is 39.3 Å². The zero-order chi connectivity index (χ0) is 25.0. The van der Waals surface area contributed by atoms with Gasteiger partial charge in [0, 0.05) is 16.7 Å². The largest absolute Gasteiger partial charge is 0.292 e. The maximum Gasteiger partial charge on any atom is 0.145 e. The highest BCUT2D eigenvalue weighted by Gasteiger charge is 2.37. The normalized spacial score (nSPS) is 16.1. The molecule has 178 valence electrons. The number of nitrogens with zero attached hydrogens (tertiary/aromatic N) is 2. The van der Waals surface area contributed by atoms with Gasteiger partial charge in [0.2, 0.25) is 0 Å². The van der Waals surface area contributed by atoms with Crippen LogP contribution in [0.5, 0.6) is 0 Å². The Labute approximate surface area is 217 Å². The molecule has 7 rings (SSSR count). The summed E-state index contributed by atoms with van der Waals surface area (Å²) in [5.74, 6) is 0.971. The molecule has 0 aliphatic heterocycles. The minimum Gasteiger partial charge on any atom is -0.292 e. The Bertz CT molecular complexity index is 1760. The van der Waals surface area contributed by atoms with E-state index >= 15 is 0 Å². The van der Waals surface area contributed by atoms with Gasteiger partial charge in [-0.05, 0) is 70.1 Å². The Morgan fingerprint density at radius 2 is 1.27 bits per heavy atom. The third-order valence-electron chi connectivity index (χ3n) is 8.18. The fourth-order valence-corrected chi connectivity index (χ4v) is 6.03. The van der Waals surface area contributed by atoms with Crippen LogP contribution >= 0.6 is 0 Å². The summed E-state index contributed by atoms with van der Waals surface area (Å²) in [5.41, 5.74) is 12.4. The third-order valence-corrected chi connectivity index (χ3v) is 8.18. The van der Waals surface area contributed by atoms with Gasteiger partial charge in [0.05, 0.1) is 11.0 Å². The van der Waals surface area contributed by atoms with Crippen LogP contribution < -0.4 is 0 Å². The molecule has 0 N–H and O–H groups in total. The second-order valence-electron chi connectivity index (χ2n) is 10.2. The van der Waals surface area contributed by atoms with Crippen molar-refractivity contribution in [2.24, 2.45) is 0 Å². The lowest BCUT2D eigenvalue weighted by molar-refractivity contribution is 0.564. The van der Waals surface area contributed by atoms with Crippen LogP contribution in [0.15, 0.2) is 121 Å². The lowest BCUT2D eigenvalue weighted by Gasteiger charge is -2.25. The maximum absolute atomic E-state index is 5.14. The van der Waals surface area contributed by atoms with Crippen LogP contribution in [-0.2, 0) is 5.41 Å². The molecular formula is C35H28N2. The van der Waals surface area contributed by atoms with Crippen molar-refractivity contribution in [2.75, 3.05) is 0 Å². The minimum absolute atomic E-state index is 0.0395. The van der Waals surface area contributed by atoms with Crippen LogP contribution in [0, 0.1) is 0 Å². The molecule has 1 atom stereocenters. The van der Waals surface area contributed by atoms with Crippen molar-refractivity contribution in [2.45, 2.75) is 25.7 Å². The molecule has 1 heterocycles. The third kappa shape index (κ3) is 3.29. The Balaban J connectivity index is 1.41. The average Bonchev–Trinajstić information content (AvgIpc) is 3.48. The van der Waals surface area contributed by atoms with Crippen LogP contribution in [0.4, 0.5) is 0 Å². The molecule has 1 aliphatic carbocycles. The molecule has 1 aliphatic rings. The number of aromatic nitrogens is 2. The minimum atomic E-state index is 0.0395. The average molecular weight is 477 g/mol. The van der Waals surface area contributed by atoms with Gasteiger partial charge in [-0.15, -0.1) is 0 Å². The summed E-state index contributed by atoms with van der Waals surface area (Å²) in [4.78, 5) is 5.14. The van der Waals surface area contributed by atoms with Gasteiger partial charge in [-0.25, -0.2) is 4.98 Å². The second kappa shape index (κ2) is 8.31. The van der Waals surface area contributed by atoms with Crippen LogP contribution in [0.2, 0.25) is 0 Å². The van der Waals surface area contributed by atoms with E-state index in [1.54, 1.807) is 0 Å². The molecular weight excluding hydrogens is 448 g/mol. The number of para-hydroxylation sites is 2. The predicted octanol–water partition coefficient (Wildman–Crippen LogP) is 9.06. The van der Waals surface area contributed by atoms with Gasteiger partial charge in [-0.2, -0.15) is 0 Å². The van der Waals surface area contributed by atoms with Crippen molar-refractivity contribution in [3.63, 3.8) is 0 Å². The molecule has 0 saturated carbocycles. The molecule has 0 bridgehead atoms. The van der Waals surface area contributed by atoms with E-state index in [0.717, 1.165) is 34.5 Å². The predicted molar refractivity (Wildman–Crippen MR) is 154 cm³/mol. The molecule has 0 radical (unpaired) electrons. The maximum atomic E-state index is 5.14. The number of rotatable bonds is 4. The highest BCUT2D eigenvalue weighted by atomic mass is 15.1. The summed E-state index contributed by atoms with van der Waals surface area (Å²) >= 11 is 0. The first kappa shape index (κ1) is 21.8. The Kier molecular flexibility index (Phi) is 4.90. The molecule has 0 amide bonds. The second-order valence-corrected chi connectivity index (χ2v) is 10.2. The molecule has 0 fully saturated rings. The van der Waals surface area contributed by atoms with E-state index in [0.29, 0.717) is 0 Å². The summed E-state index contributed by atoms with van der Waals surface area (Å²) in [6.45, 7) is 4.67. The lowest BCUT2D eigenvalue weighted by Crippen LogP contribution is -2.18. The van der Waals surface area contributed by atoms with Crippen molar-refractivity contribution < 1.29 is 0 Å². The zero-order valence-corrected chi connectivity index (χ0v) is 21.1. The summed E-state index contributed by atoms with van der Waals surface area (Å²) in [5, 5.41) is 0. The molecule has 0 spiro atoms. The molecule has 2 heteroatoms. The van der Waals surface area contributed by atoms with Crippen LogP contribution in [0.3, 0.4) is 0 Å². The van der Waals surface area contributed by atoms with Crippen LogP contribution in [0.1, 0.15) is 31.4 Å². The van der Waals surface area contributed by atoms with E-state index in [1.165, 1.54) is 33.4 Å². The lowest BCUT2D eigenvalue weighted by atomic mass is 9.78. The summed E-state index contributed by atoms with van der Waals surface area (Å²) in [6.07, 6.45) is 1.07. The number of hydrogen-bond donors (Lipinski definition) is 0. The van der Waals surface area contributed by atoms with E-state index in [-0.39, 0.29) is 5.41 Å². The van der Waals surface area contributed by atoms with Gasteiger partial charge in [-0.1, -0.05) is 105 Å². The molecule has 6 aromatic rings. The highest BCUT2D eigenvalue weighted by Crippen LogP contribution is 2.51. The number of fused-ring (bicyclic) bond motifs is 4. The first-order chi connectivity index (χ1) is 18.2. The fraction of sp³-hybridized carbons (Fsp3) is 0.114. The van der Waals surface area contributed by atoms with E-state index in [9.17, 15) is 0 Å². The standard InChI is InChI=1S/C35H28N2/c1-3-35(2)30-14-8-7-13-28(30)29-23-26(19-22-31(29)35)34-36-32-15-9-10-16-33(32)37(34)27-20-17-25(18-21-27)24-11-5-4-6-12-24/h4-23H,3H2,1-2H3. The fourth-order valence-electron chi connectivity index (χ4n) is 6.03. The molecule has 2 nitrogen and oxygen atoms in total. The van der Waals surface area contributed by atoms with Gasteiger partial charge in [0.25, 0.3) is 0 Å². The molecule has 0 saturated heterocycles. The van der Waals surface area contributed by atoms with E-state index in [1.807, 2.05) is 0 Å². The monoisotopic (exact) mass is 476 g/mol. The first-order valence-corrected chi connectivity index (χ1v) is 13.1. The van der Waals surface area contributed by atoms with E-state index in [4.69, 9.17) is 4.98 Å². The van der Waals surface area contributed by atoms with Gasteiger partial charge >= 0.3 is 0 Å². The van der Waals surface area contributed by atoms with Crippen molar-refractivity contribution >= 4 is 11.0 Å². The smallest absolute Gasteiger partial charge is 0.145 e. The number of imidazole rings is 1. The van der Waals surface area contributed by atoms with Gasteiger partial charge in [0.15, 0.2) is 0 Å². The quantitative estimate of drug-likeness (QED) is 0.248. The van der Waals surface area contributed by atoms with Crippen LogP contribution in [0.25, 0.3) is 50.4 Å². The molecule has 37 heavy (non-hydrogen) atoms. The Hall–Kier alpha value is -4.43. The summed E-state index contributed by atoms with van der Waals surface area (Å²) in [6, 6.07) is 43.6. The molecule has 1 unspecified atom stereocenters. The van der Waals surface area contributed by atoms with Crippen LogP contribution in [-0.4, -0.2) is 9.55 Å². The zero-order valence-electron chi connectivity index (χ0n) is 21.1. The molecule has 1 aromatic heterocycles. The van der Waals surface area contributed by atoms with E-state index in [2.05, 4.69) is 140 Å². The van der Waals surface area contributed by atoms with Gasteiger partial charge in [0.1, 0.15) is 5.82 Å².